The minimum Gasteiger partial charge on any atom is -0.0832 e. The molecule has 3 aromatic rings. The Kier molecular flexibility index (Phi) is 2.52. The zero-order valence-electron chi connectivity index (χ0n) is 10.7. The molecule has 0 fully saturated rings. The Labute approximate surface area is 116 Å². The minimum absolute atomic E-state index is 0.146. The molecule has 0 spiro atoms. The Balaban J connectivity index is 2.13. The predicted octanol–water partition coefficient (Wildman–Crippen LogP) is 5.54. The molecule has 0 amide bonds. The lowest BCUT2D eigenvalue weighted by molar-refractivity contribution is 1.01. The molecule has 0 nitrogen and oxygen atoms in total. The van der Waals surface area contributed by atoms with Crippen LogP contribution in [0.3, 0.4) is 0 Å². The highest BCUT2D eigenvalue weighted by Gasteiger charge is 2.28. The van der Waals surface area contributed by atoms with Gasteiger partial charge in [-0.3, -0.25) is 0 Å². The Bertz CT molecular complexity index is 763. The molecular formula is C18H15S+. The molecule has 1 heteroatoms. The van der Waals surface area contributed by atoms with Gasteiger partial charge in [0.05, 0.1) is 0 Å². The third-order valence-corrected chi connectivity index (χ3v) is 6.20. The third kappa shape index (κ3) is 1.66. The molecule has 1 atom stereocenters. The minimum atomic E-state index is 0.146. The largest absolute Gasteiger partial charge is 0.187 e. The van der Waals surface area contributed by atoms with E-state index in [4.69, 9.17) is 0 Å². The lowest BCUT2D eigenvalue weighted by atomic mass is 10.0. The molecule has 19 heavy (non-hydrogen) atoms. The quantitative estimate of drug-likeness (QED) is 0.506. The van der Waals surface area contributed by atoms with Gasteiger partial charge < -0.3 is 0 Å². The molecular weight excluding hydrogens is 248 g/mol. The molecule has 0 saturated carbocycles. The number of rotatable bonds is 1. The van der Waals surface area contributed by atoms with Crippen molar-refractivity contribution in [1.82, 2.24) is 0 Å². The predicted molar refractivity (Wildman–Crippen MR) is 85.1 cm³/mol. The molecule has 1 aromatic heterocycles. The van der Waals surface area contributed by atoms with E-state index in [1.807, 2.05) is 0 Å². The maximum atomic E-state index is 2.33. The zero-order chi connectivity index (χ0) is 12.7. The first-order valence-electron chi connectivity index (χ1n) is 6.73. The monoisotopic (exact) mass is 263 g/mol. The summed E-state index contributed by atoms with van der Waals surface area (Å²) in [5.74, 6) is 0. The van der Waals surface area contributed by atoms with Crippen molar-refractivity contribution < 1.29 is 0 Å². The fourth-order valence-corrected chi connectivity index (χ4v) is 5.49. The maximum Gasteiger partial charge on any atom is 0.187 e. The van der Waals surface area contributed by atoms with Gasteiger partial charge in [0.25, 0.3) is 0 Å². The van der Waals surface area contributed by atoms with Crippen LogP contribution in [-0.2, 0) is 6.42 Å². The fraction of sp³-hybridized carbons (Fsp3) is 0.111. The van der Waals surface area contributed by atoms with Crippen molar-refractivity contribution in [2.75, 3.05) is 0 Å². The molecule has 0 radical (unpaired) electrons. The van der Waals surface area contributed by atoms with Crippen LogP contribution in [0.2, 0.25) is 0 Å². The van der Waals surface area contributed by atoms with Crippen LogP contribution >= 0.6 is 10.5 Å². The summed E-state index contributed by atoms with van der Waals surface area (Å²) in [7, 11) is 0.146. The van der Waals surface area contributed by atoms with E-state index in [-0.39, 0.29) is 10.5 Å². The van der Waals surface area contributed by atoms with Crippen molar-refractivity contribution >= 4 is 26.6 Å². The van der Waals surface area contributed by atoms with E-state index in [1.165, 1.54) is 33.4 Å². The summed E-state index contributed by atoms with van der Waals surface area (Å²) >= 11 is 0. The maximum absolute atomic E-state index is 2.33. The van der Waals surface area contributed by atoms with Crippen LogP contribution in [0, 0.1) is 0 Å². The summed E-state index contributed by atoms with van der Waals surface area (Å²) in [6.45, 7) is 0. The van der Waals surface area contributed by atoms with Crippen molar-refractivity contribution in [3.8, 4) is 4.90 Å². The lowest BCUT2D eigenvalue weighted by Crippen LogP contribution is -1.89. The van der Waals surface area contributed by atoms with Gasteiger partial charge in [-0.2, -0.15) is 0 Å². The first kappa shape index (κ1) is 11.0. The van der Waals surface area contributed by atoms with Crippen LogP contribution in [0.15, 0.2) is 60.7 Å². The van der Waals surface area contributed by atoms with Gasteiger partial charge in [-0.1, -0.05) is 42.5 Å². The van der Waals surface area contributed by atoms with E-state index in [1.54, 1.807) is 4.88 Å². The van der Waals surface area contributed by atoms with Crippen molar-refractivity contribution in [3.63, 3.8) is 0 Å². The molecule has 0 saturated heterocycles. The van der Waals surface area contributed by atoms with Gasteiger partial charge >= 0.3 is 0 Å². The van der Waals surface area contributed by atoms with Crippen molar-refractivity contribution in [1.29, 1.82) is 0 Å². The van der Waals surface area contributed by atoms with Gasteiger partial charge in [0.15, 0.2) is 14.5 Å². The average Bonchev–Trinajstić information content (AvgIpc) is 2.83. The Hall–Kier alpha value is -1.86. The Morgan fingerprint density at radius 3 is 2.53 bits per heavy atom. The van der Waals surface area contributed by atoms with Crippen molar-refractivity contribution in [2.45, 2.75) is 12.8 Å². The van der Waals surface area contributed by atoms with Crippen LogP contribution < -0.4 is 0 Å². The molecule has 4 rings (SSSR count). The summed E-state index contributed by atoms with van der Waals surface area (Å²) in [6, 6.07) is 19.9. The number of benzene rings is 2. The Morgan fingerprint density at radius 2 is 1.63 bits per heavy atom. The van der Waals surface area contributed by atoms with Crippen LogP contribution in [-0.4, -0.2) is 0 Å². The van der Waals surface area contributed by atoms with E-state index < -0.39 is 0 Å². The molecule has 1 heterocycles. The smallest absolute Gasteiger partial charge is 0.0832 e. The van der Waals surface area contributed by atoms with Crippen molar-refractivity contribution in [2.24, 2.45) is 0 Å². The average molecular weight is 263 g/mol. The summed E-state index contributed by atoms with van der Waals surface area (Å²) < 4.78 is 1.50. The molecule has 0 aliphatic heterocycles. The number of fused-ring (bicyclic) bond motifs is 3. The summed E-state index contributed by atoms with van der Waals surface area (Å²) in [5.41, 5.74) is 1.48. The molecule has 1 aliphatic rings. The first-order valence-corrected chi connectivity index (χ1v) is 7.96. The van der Waals surface area contributed by atoms with E-state index in [9.17, 15) is 0 Å². The van der Waals surface area contributed by atoms with E-state index in [0.29, 0.717) is 0 Å². The number of hydrogen-bond donors (Lipinski definition) is 0. The highest BCUT2D eigenvalue weighted by atomic mass is 32.2. The molecule has 2 aromatic carbocycles. The topological polar surface area (TPSA) is 0 Å². The normalized spacial score (nSPS) is 14.6. The zero-order valence-corrected chi connectivity index (χ0v) is 11.5. The molecule has 0 bridgehead atoms. The van der Waals surface area contributed by atoms with Gasteiger partial charge in [0, 0.05) is 27.8 Å². The molecule has 92 valence electrons. The van der Waals surface area contributed by atoms with Gasteiger partial charge in [-0.05, 0) is 30.7 Å². The second kappa shape index (κ2) is 4.36. The summed E-state index contributed by atoms with van der Waals surface area (Å²) in [4.78, 5) is 3.09. The second-order valence-electron chi connectivity index (χ2n) is 4.89. The molecule has 1 unspecified atom stereocenters. The highest BCUT2D eigenvalue weighted by Crippen LogP contribution is 2.48. The SMILES string of the molecule is C1=Cc2c([s+](-c3ccccc3)c3ccccc23)CC1. The van der Waals surface area contributed by atoms with E-state index in [2.05, 4.69) is 66.7 Å². The van der Waals surface area contributed by atoms with E-state index >= 15 is 0 Å². The number of allylic oxidation sites excluding steroid dienone is 1. The fourth-order valence-electron chi connectivity index (χ4n) is 2.92. The highest BCUT2D eigenvalue weighted by molar-refractivity contribution is 7.45. The van der Waals surface area contributed by atoms with Crippen LogP contribution in [0.25, 0.3) is 21.1 Å². The second-order valence-corrected chi connectivity index (χ2v) is 6.91. The van der Waals surface area contributed by atoms with E-state index in [0.717, 1.165) is 0 Å². The first-order chi connectivity index (χ1) is 9.45. The lowest BCUT2D eigenvalue weighted by Gasteiger charge is -2.01. The van der Waals surface area contributed by atoms with Crippen LogP contribution in [0.5, 0.6) is 0 Å². The van der Waals surface area contributed by atoms with Gasteiger partial charge in [-0.15, -0.1) is 0 Å². The number of hydrogen-bond acceptors (Lipinski definition) is 0. The number of thiophene rings is 1. The van der Waals surface area contributed by atoms with Crippen molar-refractivity contribution in [3.05, 3.63) is 71.1 Å². The Morgan fingerprint density at radius 1 is 0.842 bits per heavy atom. The molecule has 1 aliphatic carbocycles. The van der Waals surface area contributed by atoms with Crippen LogP contribution in [0.1, 0.15) is 16.9 Å². The van der Waals surface area contributed by atoms with Gasteiger partial charge in [0.2, 0.25) is 0 Å². The summed E-state index contributed by atoms with van der Waals surface area (Å²) in [5, 5.41) is 1.45. The summed E-state index contributed by atoms with van der Waals surface area (Å²) in [6.07, 6.45) is 7.03. The standard InChI is InChI=1S/C18H15S/c1-2-8-14(9-3-1)19-17-12-6-4-10-15(17)16-11-5-7-13-18(16)19/h1-6,8-12H,7,13H2/q+1. The third-order valence-electron chi connectivity index (χ3n) is 3.75. The van der Waals surface area contributed by atoms with Crippen LogP contribution in [0.4, 0.5) is 0 Å². The molecule has 0 N–H and O–H groups in total. The van der Waals surface area contributed by atoms with Gasteiger partial charge in [0.1, 0.15) is 0 Å². The van der Waals surface area contributed by atoms with Gasteiger partial charge in [-0.25, -0.2) is 0 Å².